The second-order valence-corrected chi connectivity index (χ2v) is 5.23. The number of benzene rings is 1. The van der Waals surface area contributed by atoms with E-state index in [2.05, 4.69) is 15.6 Å². The van der Waals surface area contributed by atoms with E-state index in [1.54, 1.807) is 13.3 Å². The monoisotopic (exact) mass is 305 g/mol. The SMILES string of the molecule is CN=C(NCc1ccco1)NC1CC1c1c(F)cccc1F. The highest BCUT2D eigenvalue weighted by molar-refractivity contribution is 5.80. The van der Waals surface area contributed by atoms with Crippen LogP contribution >= 0.6 is 0 Å². The van der Waals surface area contributed by atoms with Gasteiger partial charge in [0, 0.05) is 24.6 Å². The molecule has 1 aromatic carbocycles. The Bertz CT molecular complexity index is 650. The summed E-state index contributed by atoms with van der Waals surface area (Å²) in [5.41, 5.74) is 0.154. The number of nitrogens with one attached hydrogen (secondary N) is 2. The average Bonchev–Trinajstić information content (AvgIpc) is 3.04. The molecule has 0 aliphatic heterocycles. The van der Waals surface area contributed by atoms with E-state index in [4.69, 9.17) is 4.42 Å². The number of halogens is 2. The quantitative estimate of drug-likeness (QED) is 0.674. The first-order valence-corrected chi connectivity index (χ1v) is 7.12. The molecule has 2 atom stereocenters. The van der Waals surface area contributed by atoms with Crippen molar-refractivity contribution in [1.29, 1.82) is 0 Å². The number of aliphatic imine (C=N–C) groups is 1. The molecule has 1 aromatic heterocycles. The largest absolute Gasteiger partial charge is 0.467 e. The Morgan fingerprint density at radius 3 is 2.68 bits per heavy atom. The van der Waals surface area contributed by atoms with Gasteiger partial charge in [0.25, 0.3) is 0 Å². The molecule has 2 aromatic rings. The zero-order valence-electron chi connectivity index (χ0n) is 12.1. The molecule has 22 heavy (non-hydrogen) atoms. The van der Waals surface area contributed by atoms with Crippen molar-refractivity contribution in [2.75, 3.05) is 7.05 Å². The van der Waals surface area contributed by atoms with Crippen LogP contribution in [-0.4, -0.2) is 19.0 Å². The summed E-state index contributed by atoms with van der Waals surface area (Å²) < 4.78 is 32.7. The molecule has 1 aliphatic rings. The van der Waals surface area contributed by atoms with Crippen molar-refractivity contribution in [3.8, 4) is 0 Å². The molecule has 0 saturated heterocycles. The van der Waals surface area contributed by atoms with Crippen LogP contribution in [0.3, 0.4) is 0 Å². The second kappa shape index (κ2) is 6.17. The molecule has 1 saturated carbocycles. The van der Waals surface area contributed by atoms with Crippen molar-refractivity contribution in [2.24, 2.45) is 4.99 Å². The summed E-state index contributed by atoms with van der Waals surface area (Å²) in [6.45, 7) is 0.498. The molecule has 1 aliphatic carbocycles. The predicted molar refractivity (Wildman–Crippen MR) is 79.5 cm³/mol. The normalized spacial score (nSPS) is 20.8. The highest BCUT2D eigenvalue weighted by atomic mass is 19.1. The lowest BCUT2D eigenvalue weighted by atomic mass is 10.1. The molecule has 2 N–H and O–H groups in total. The Labute approximate surface area is 127 Å². The molecular weight excluding hydrogens is 288 g/mol. The van der Waals surface area contributed by atoms with Crippen LogP contribution in [0.4, 0.5) is 8.78 Å². The van der Waals surface area contributed by atoms with Gasteiger partial charge in [-0.05, 0) is 30.7 Å². The number of hydrogen-bond acceptors (Lipinski definition) is 2. The lowest BCUT2D eigenvalue weighted by Crippen LogP contribution is -2.38. The van der Waals surface area contributed by atoms with Crippen LogP contribution in [-0.2, 0) is 6.54 Å². The smallest absolute Gasteiger partial charge is 0.191 e. The van der Waals surface area contributed by atoms with Crippen molar-refractivity contribution < 1.29 is 13.2 Å². The topological polar surface area (TPSA) is 49.6 Å². The van der Waals surface area contributed by atoms with Crippen LogP contribution in [0, 0.1) is 11.6 Å². The highest BCUT2D eigenvalue weighted by Gasteiger charge is 2.42. The standard InChI is InChI=1S/C16H17F2N3O/c1-19-16(20-9-10-4-3-7-22-10)21-14-8-11(14)15-12(17)5-2-6-13(15)18/h2-7,11,14H,8-9H2,1H3,(H2,19,20,21). The summed E-state index contributed by atoms with van der Waals surface area (Å²) in [4.78, 5) is 4.11. The molecule has 1 heterocycles. The van der Waals surface area contributed by atoms with E-state index in [1.807, 2.05) is 12.1 Å². The van der Waals surface area contributed by atoms with Gasteiger partial charge in [0.15, 0.2) is 5.96 Å². The van der Waals surface area contributed by atoms with Crippen LogP contribution < -0.4 is 10.6 Å². The summed E-state index contributed by atoms with van der Waals surface area (Å²) in [5.74, 6) is 0.222. The third-order valence-electron chi connectivity index (χ3n) is 3.72. The van der Waals surface area contributed by atoms with Gasteiger partial charge in [-0.1, -0.05) is 6.07 Å². The second-order valence-electron chi connectivity index (χ2n) is 5.23. The van der Waals surface area contributed by atoms with Crippen molar-refractivity contribution in [3.05, 3.63) is 59.6 Å². The van der Waals surface area contributed by atoms with Crippen LogP contribution in [0.1, 0.15) is 23.7 Å². The Morgan fingerprint density at radius 2 is 2.05 bits per heavy atom. The van der Waals surface area contributed by atoms with Gasteiger partial charge in [0.1, 0.15) is 17.4 Å². The molecule has 3 rings (SSSR count). The molecular formula is C16H17F2N3O. The molecule has 116 valence electrons. The molecule has 0 bridgehead atoms. The fraction of sp³-hybridized carbons (Fsp3) is 0.312. The number of hydrogen-bond donors (Lipinski definition) is 2. The maximum atomic E-state index is 13.7. The van der Waals surface area contributed by atoms with Gasteiger partial charge < -0.3 is 15.1 Å². The number of nitrogens with zero attached hydrogens (tertiary/aromatic N) is 1. The van der Waals surface area contributed by atoms with Crippen LogP contribution in [0.15, 0.2) is 46.0 Å². The summed E-state index contributed by atoms with van der Waals surface area (Å²) in [5, 5.41) is 6.27. The molecule has 4 nitrogen and oxygen atoms in total. The number of rotatable bonds is 4. The minimum Gasteiger partial charge on any atom is -0.467 e. The fourth-order valence-corrected chi connectivity index (χ4v) is 2.49. The van der Waals surface area contributed by atoms with Gasteiger partial charge in [0.05, 0.1) is 12.8 Å². The lowest BCUT2D eigenvalue weighted by Gasteiger charge is -2.11. The molecule has 0 radical (unpaired) electrons. The van der Waals surface area contributed by atoms with Gasteiger partial charge >= 0.3 is 0 Å². The van der Waals surface area contributed by atoms with Crippen LogP contribution in [0.25, 0.3) is 0 Å². The van der Waals surface area contributed by atoms with E-state index in [0.29, 0.717) is 18.9 Å². The van der Waals surface area contributed by atoms with E-state index in [9.17, 15) is 8.78 Å². The highest BCUT2D eigenvalue weighted by Crippen LogP contribution is 2.42. The first-order chi connectivity index (χ1) is 10.7. The number of furan rings is 1. The predicted octanol–water partition coefficient (Wildman–Crippen LogP) is 2.78. The third-order valence-corrected chi connectivity index (χ3v) is 3.72. The van der Waals surface area contributed by atoms with Gasteiger partial charge in [-0.25, -0.2) is 8.78 Å². The summed E-state index contributed by atoms with van der Waals surface area (Å²) in [6, 6.07) is 7.60. The maximum Gasteiger partial charge on any atom is 0.191 e. The van der Waals surface area contributed by atoms with E-state index >= 15 is 0 Å². The molecule has 2 unspecified atom stereocenters. The van der Waals surface area contributed by atoms with E-state index in [-0.39, 0.29) is 17.5 Å². The van der Waals surface area contributed by atoms with E-state index < -0.39 is 11.6 Å². The van der Waals surface area contributed by atoms with Gasteiger partial charge in [-0.15, -0.1) is 0 Å². The van der Waals surface area contributed by atoms with Gasteiger partial charge in [-0.2, -0.15) is 0 Å². The zero-order chi connectivity index (χ0) is 15.5. The summed E-state index contributed by atoms with van der Waals surface area (Å²) in [7, 11) is 1.65. The Morgan fingerprint density at radius 1 is 1.27 bits per heavy atom. The van der Waals surface area contributed by atoms with E-state index in [0.717, 1.165) is 5.76 Å². The molecule has 0 amide bonds. The summed E-state index contributed by atoms with van der Waals surface area (Å²) >= 11 is 0. The first kappa shape index (κ1) is 14.6. The Kier molecular flexibility index (Phi) is 4.09. The first-order valence-electron chi connectivity index (χ1n) is 7.12. The van der Waals surface area contributed by atoms with Gasteiger partial charge in [0.2, 0.25) is 0 Å². The Hall–Kier alpha value is -2.37. The fourth-order valence-electron chi connectivity index (χ4n) is 2.49. The van der Waals surface area contributed by atoms with Crippen molar-refractivity contribution in [3.63, 3.8) is 0 Å². The number of guanidine groups is 1. The van der Waals surface area contributed by atoms with Crippen molar-refractivity contribution in [2.45, 2.75) is 24.9 Å². The van der Waals surface area contributed by atoms with E-state index in [1.165, 1.54) is 18.2 Å². The lowest BCUT2D eigenvalue weighted by molar-refractivity contribution is 0.501. The maximum absolute atomic E-state index is 13.7. The molecule has 1 fully saturated rings. The minimum atomic E-state index is -0.493. The van der Waals surface area contributed by atoms with Gasteiger partial charge in [-0.3, -0.25) is 4.99 Å². The Balaban J connectivity index is 1.58. The van der Waals surface area contributed by atoms with Crippen LogP contribution in [0.5, 0.6) is 0 Å². The van der Waals surface area contributed by atoms with Crippen LogP contribution in [0.2, 0.25) is 0 Å². The molecule has 0 spiro atoms. The van der Waals surface area contributed by atoms with Crippen molar-refractivity contribution in [1.82, 2.24) is 10.6 Å². The summed E-state index contributed by atoms with van der Waals surface area (Å²) in [6.07, 6.45) is 2.28. The zero-order valence-corrected chi connectivity index (χ0v) is 12.1. The molecule has 6 heteroatoms. The third kappa shape index (κ3) is 3.10. The minimum absolute atomic E-state index is 0.0193. The average molecular weight is 305 g/mol. The van der Waals surface area contributed by atoms with Crippen molar-refractivity contribution >= 4 is 5.96 Å².